The molecule has 0 aromatic heterocycles. The van der Waals surface area contributed by atoms with Gasteiger partial charge < -0.3 is 5.32 Å². The van der Waals surface area contributed by atoms with E-state index in [0.29, 0.717) is 12.1 Å². The van der Waals surface area contributed by atoms with Crippen molar-refractivity contribution in [2.24, 2.45) is 0 Å². The summed E-state index contributed by atoms with van der Waals surface area (Å²) in [5.41, 5.74) is 1.36. The van der Waals surface area contributed by atoms with Crippen LogP contribution < -0.4 is 5.32 Å². The monoisotopic (exact) mass is 165 g/mol. The lowest BCUT2D eigenvalue weighted by atomic mass is 10.1. The van der Waals surface area contributed by atoms with Crippen molar-refractivity contribution in [1.29, 1.82) is 0 Å². The molecule has 1 aromatic rings. The molecule has 0 spiro atoms. The maximum absolute atomic E-state index is 13.1. The molecule has 1 nitrogen and oxygen atoms in total. The summed E-state index contributed by atoms with van der Waals surface area (Å²) in [4.78, 5) is 0. The van der Waals surface area contributed by atoms with Crippen LogP contribution in [0.15, 0.2) is 30.8 Å². The summed E-state index contributed by atoms with van der Waals surface area (Å²) >= 11 is 0. The Kier molecular flexibility index (Phi) is 3.00. The maximum Gasteiger partial charge on any atom is 0.130 e. The van der Waals surface area contributed by atoms with Crippen molar-refractivity contribution in [3.05, 3.63) is 42.2 Å². The van der Waals surface area contributed by atoms with E-state index in [4.69, 9.17) is 0 Å². The van der Waals surface area contributed by atoms with Crippen LogP contribution in [0.3, 0.4) is 0 Å². The highest BCUT2D eigenvalue weighted by molar-refractivity contribution is 5.64. The number of nitrogens with one attached hydrogen (secondary N) is 1. The van der Waals surface area contributed by atoms with Gasteiger partial charge in [0.15, 0.2) is 0 Å². The highest BCUT2D eigenvalue weighted by atomic mass is 19.1. The van der Waals surface area contributed by atoms with Gasteiger partial charge in [0, 0.05) is 12.1 Å². The Morgan fingerprint density at radius 1 is 1.50 bits per heavy atom. The lowest BCUT2D eigenvalue weighted by Crippen LogP contribution is -2.09. The molecular weight excluding hydrogens is 153 g/mol. The van der Waals surface area contributed by atoms with Gasteiger partial charge in [-0.15, -0.1) is 0 Å². The van der Waals surface area contributed by atoms with Crippen molar-refractivity contribution in [3.63, 3.8) is 0 Å². The fraction of sp³-hybridized carbons (Fsp3) is 0.200. The fourth-order valence-electron chi connectivity index (χ4n) is 1.06. The van der Waals surface area contributed by atoms with E-state index in [2.05, 4.69) is 11.9 Å². The predicted octanol–water partition coefficient (Wildman–Crippen LogP) is 2.06. The van der Waals surface area contributed by atoms with Crippen molar-refractivity contribution >= 4 is 5.57 Å². The predicted molar refractivity (Wildman–Crippen MR) is 49.4 cm³/mol. The number of hydrogen-bond donors (Lipinski definition) is 1. The van der Waals surface area contributed by atoms with Crippen molar-refractivity contribution in [3.8, 4) is 0 Å². The molecule has 0 aliphatic heterocycles. The van der Waals surface area contributed by atoms with Crippen molar-refractivity contribution in [2.75, 3.05) is 13.6 Å². The number of halogens is 1. The normalized spacial score (nSPS) is 9.83. The van der Waals surface area contributed by atoms with Crippen LogP contribution in [0.2, 0.25) is 0 Å². The molecule has 0 atom stereocenters. The molecule has 1 rings (SSSR count). The zero-order valence-corrected chi connectivity index (χ0v) is 7.10. The van der Waals surface area contributed by atoms with Crippen LogP contribution in [0.5, 0.6) is 0 Å². The van der Waals surface area contributed by atoms with Crippen molar-refractivity contribution in [2.45, 2.75) is 0 Å². The lowest BCUT2D eigenvalue weighted by molar-refractivity contribution is 0.623. The molecule has 0 aliphatic carbocycles. The number of rotatable bonds is 3. The molecule has 0 amide bonds. The van der Waals surface area contributed by atoms with E-state index in [1.807, 2.05) is 7.05 Å². The summed E-state index contributed by atoms with van der Waals surface area (Å²) in [7, 11) is 1.81. The largest absolute Gasteiger partial charge is 0.316 e. The van der Waals surface area contributed by atoms with E-state index in [0.717, 1.165) is 5.57 Å². The highest BCUT2D eigenvalue weighted by Gasteiger charge is 2.02. The molecule has 0 aliphatic rings. The van der Waals surface area contributed by atoms with Crippen molar-refractivity contribution < 1.29 is 4.39 Å². The van der Waals surface area contributed by atoms with Gasteiger partial charge in [-0.3, -0.25) is 0 Å². The third-order valence-electron chi connectivity index (χ3n) is 1.64. The molecule has 1 N–H and O–H groups in total. The van der Waals surface area contributed by atoms with Gasteiger partial charge in [-0.05, 0) is 18.7 Å². The number of likely N-dealkylation sites (N-methyl/N-ethyl adjacent to an activating group) is 1. The number of hydrogen-bond acceptors (Lipinski definition) is 1. The quantitative estimate of drug-likeness (QED) is 0.722. The van der Waals surface area contributed by atoms with Gasteiger partial charge in [0.1, 0.15) is 5.82 Å². The van der Waals surface area contributed by atoms with Gasteiger partial charge in [-0.2, -0.15) is 0 Å². The molecule has 0 heterocycles. The van der Waals surface area contributed by atoms with Crippen LogP contribution in [0, 0.1) is 5.82 Å². The topological polar surface area (TPSA) is 12.0 Å². The van der Waals surface area contributed by atoms with Gasteiger partial charge in [-0.1, -0.05) is 24.8 Å². The minimum absolute atomic E-state index is 0.210. The molecule has 0 radical (unpaired) electrons. The highest BCUT2D eigenvalue weighted by Crippen LogP contribution is 2.14. The van der Waals surface area contributed by atoms with E-state index >= 15 is 0 Å². The van der Waals surface area contributed by atoms with E-state index in [-0.39, 0.29) is 5.82 Å². The van der Waals surface area contributed by atoms with Crippen LogP contribution >= 0.6 is 0 Å². The summed E-state index contributed by atoms with van der Waals surface area (Å²) in [5.74, 6) is -0.210. The van der Waals surface area contributed by atoms with Gasteiger partial charge in [0.25, 0.3) is 0 Å². The Hall–Kier alpha value is -1.15. The van der Waals surface area contributed by atoms with Gasteiger partial charge in [0.05, 0.1) is 0 Å². The summed E-state index contributed by atoms with van der Waals surface area (Å²) in [6, 6.07) is 6.65. The Balaban J connectivity index is 2.87. The Labute approximate surface area is 71.9 Å². The SMILES string of the molecule is C=C(CNC)c1ccccc1F. The Morgan fingerprint density at radius 3 is 2.75 bits per heavy atom. The van der Waals surface area contributed by atoms with E-state index < -0.39 is 0 Å². The van der Waals surface area contributed by atoms with Crippen LogP contribution in [-0.2, 0) is 0 Å². The van der Waals surface area contributed by atoms with E-state index in [1.54, 1.807) is 18.2 Å². The molecule has 64 valence electrons. The second-order valence-electron chi connectivity index (χ2n) is 2.61. The summed E-state index contributed by atoms with van der Waals surface area (Å²) in [6.07, 6.45) is 0. The average Bonchev–Trinajstić information content (AvgIpc) is 2.05. The summed E-state index contributed by atoms with van der Waals surface area (Å²) in [6.45, 7) is 4.39. The van der Waals surface area contributed by atoms with E-state index in [1.165, 1.54) is 6.07 Å². The maximum atomic E-state index is 13.1. The Morgan fingerprint density at radius 2 is 2.17 bits per heavy atom. The minimum Gasteiger partial charge on any atom is -0.316 e. The smallest absolute Gasteiger partial charge is 0.130 e. The zero-order valence-electron chi connectivity index (χ0n) is 7.10. The third kappa shape index (κ3) is 1.92. The number of benzene rings is 1. The molecule has 0 unspecified atom stereocenters. The third-order valence-corrected chi connectivity index (χ3v) is 1.64. The molecule has 0 saturated heterocycles. The van der Waals surface area contributed by atoms with Gasteiger partial charge in [0.2, 0.25) is 0 Å². The van der Waals surface area contributed by atoms with E-state index in [9.17, 15) is 4.39 Å². The molecule has 1 aromatic carbocycles. The molecule has 12 heavy (non-hydrogen) atoms. The molecule has 0 fully saturated rings. The average molecular weight is 165 g/mol. The van der Waals surface area contributed by atoms with Crippen molar-refractivity contribution in [1.82, 2.24) is 5.32 Å². The summed E-state index contributed by atoms with van der Waals surface area (Å²) in [5, 5.41) is 2.93. The lowest BCUT2D eigenvalue weighted by Gasteiger charge is -2.05. The first kappa shape index (κ1) is 8.94. The standard InChI is InChI=1S/C10H12FN/c1-8(7-12-2)9-5-3-4-6-10(9)11/h3-6,12H,1,7H2,2H3. The second-order valence-corrected chi connectivity index (χ2v) is 2.61. The molecule has 2 heteroatoms. The molecule has 0 bridgehead atoms. The van der Waals surface area contributed by atoms with Crippen LogP contribution in [0.1, 0.15) is 5.56 Å². The minimum atomic E-state index is -0.210. The van der Waals surface area contributed by atoms with Gasteiger partial charge in [-0.25, -0.2) is 4.39 Å². The zero-order chi connectivity index (χ0) is 8.97. The second kappa shape index (κ2) is 4.02. The van der Waals surface area contributed by atoms with Crippen LogP contribution in [-0.4, -0.2) is 13.6 Å². The fourth-order valence-corrected chi connectivity index (χ4v) is 1.06. The summed E-state index contributed by atoms with van der Waals surface area (Å²) < 4.78 is 13.1. The van der Waals surface area contributed by atoms with Crippen LogP contribution in [0.25, 0.3) is 5.57 Å². The molecular formula is C10H12FN. The first-order valence-corrected chi connectivity index (χ1v) is 3.83. The van der Waals surface area contributed by atoms with Gasteiger partial charge >= 0.3 is 0 Å². The Bertz CT molecular complexity index is 281. The first-order chi connectivity index (χ1) is 5.75. The first-order valence-electron chi connectivity index (χ1n) is 3.83. The van der Waals surface area contributed by atoms with Crippen LogP contribution in [0.4, 0.5) is 4.39 Å². The molecule has 0 saturated carbocycles.